The third kappa shape index (κ3) is 3.14. The largest absolute Gasteiger partial charge is 0.324 e. The van der Waals surface area contributed by atoms with E-state index in [1.165, 1.54) is 5.56 Å². The third-order valence-electron chi connectivity index (χ3n) is 3.04. The highest BCUT2D eigenvalue weighted by atomic mass is 14.9. The second-order valence-corrected chi connectivity index (χ2v) is 4.60. The van der Waals surface area contributed by atoms with Crippen molar-refractivity contribution in [1.29, 1.82) is 0 Å². The molecule has 0 saturated heterocycles. The molecule has 3 nitrogen and oxygen atoms in total. The molecule has 0 unspecified atom stereocenters. The maximum absolute atomic E-state index is 5.85. The van der Waals surface area contributed by atoms with E-state index in [1.807, 2.05) is 26.1 Å². The maximum Gasteiger partial charge on any atom is 0.128 e. The van der Waals surface area contributed by atoms with E-state index in [0.717, 1.165) is 29.9 Å². The molecule has 1 heterocycles. The number of hydrogen-bond donors (Lipinski definition) is 1. The fraction of sp³-hybridized carbons (Fsp3) is 0.333. The fourth-order valence-electron chi connectivity index (χ4n) is 1.99. The standard InChI is InChI=1S/C15H19N3/c1-11(16)14-10-17-15(18-12(14)2)9-8-13-6-4-3-5-7-13/h3-7,10-11H,8-9,16H2,1-2H3/t11-/m1/s1. The van der Waals surface area contributed by atoms with Crippen molar-refractivity contribution in [2.45, 2.75) is 32.7 Å². The lowest BCUT2D eigenvalue weighted by atomic mass is 10.1. The Morgan fingerprint density at radius 1 is 1.17 bits per heavy atom. The Kier molecular flexibility index (Phi) is 4.05. The van der Waals surface area contributed by atoms with Gasteiger partial charge < -0.3 is 5.73 Å². The van der Waals surface area contributed by atoms with E-state index in [2.05, 4.69) is 34.2 Å². The molecule has 2 aromatic rings. The number of nitrogens with zero attached hydrogens (tertiary/aromatic N) is 2. The van der Waals surface area contributed by atoms with Gasteiger partial charge >= 0.3 is 0 Å². The summed E-state index contributed by atoms with van der Waals surface area (Å²) in [5.41, 5.74) is 9.18. The lowest BCUT2D eigenvalue weighted by Gasteiger charge is -2.09. The van der Waals surface area contributed by atoms with E-state index in [1.54, 1.807) is 0 Å². The number of aromatic nitrogens is 2. The van der Waals surface area contributed by atoms with Gasteiger partial charge in [-0.05, 0) is 25.8 Å². The summed E-state index contributed by atoms with van der Waals surface area (Å²) in [5.74, 6) is 0.890. The minimum absolute atomic E-state index is 0.00632. The Morgan fingerprint density at radius 3 is 2.50 bits per heavy atom. The Bertz CT molecular complexity index is 506. The van der Waals surface area contributed by atoms with Crippen LogP contribution in [0, 0.1) is 6.92 Å². The fourth-order valence-corrected chi connectivity index (χ4v) is 1.99. The summed E-state index contributed by atoms with van der Waals surface area (Å²) in [6.07, 6.45) is 3.69. The molecule has 3 heteroatoms. The van der Waals surface area contributed by atoms with Gasteiger partial charge in [0.25, 0.3) is 0 Å². The summed E-state index contributed by atoms with van der Waals surface area (Å²) in [6.45, 7) is 3.95. The van der Waals surface area contributed by atoms with Crippen LogP contribution in [0.15, 0.2) is 36.5 Å². The van der Waals surface area contributed by atoms with E-state index in [4.69, 9.17) is 5.73 Å². The second-order valence-electron chi connectivity index (χ2n) is 4.60. The van der Waals surface area contributed by atoms with Crippen LogP contribution in [0.4, 0.5) is 0 Å². The summed E-state index contributed by atoms with van der Waals surface area (Å²) in [4.78, 5) is 8.90. The average Bonchev–Trinajstić information content (AvgIpc) is 2.37. The second kappa shape index (κ2) is 5.74. The van der Waals surface area contributed by atoms with E-state index in [-0.39, 0.29) is 6.04 Å². The molecule has 0 aliphatic heterocycles. The maximum atomic E-state index is 5.85. The van der Waals surface area contributed by atoms with Crippen molar-refractivity contribution in [2.24, 2.45) is 5.73 Å². The van der Waals surface area contributed by atoms with Gasteiger partial charge in [0.1, 0.15) is 5.82 Å². The van der Waals surface area contributed by atoms with Crippen LogP contribution in [-0.4, -0.2) is 9.97 Å². The van der Waals surface area contributed by atoms with Gasteiger partial charge in [0.15, 0.2) is 0 Å². The van der Waals surface area contributed by atoms with Crippen LogP contribution < -0.4 is 5.73 Å². The molecule has 0 saturated carbocycles. The molecule has 1 atom stereocenters. The molecule has 0 bridgehead atoms. The molecule has 0 radical (unpaired) electrons. The Hall–Kier alpha value is -1.74. The topological polar surface area (TPSA) is 51.8 Å². The molecular formula is C15H19N3. The third-order valence-corrected chi connectivity index (χ3v) is 3.04. The lowest BCUT2D eigenvalue weighted by molar-refractivity contribution is 0.764. The van der Waals surface area contributed by atoms with Crippen molar-refractivity contribution in [3.05, 3.63) is 59.2 Å². The van der Waals surface area contributed by atoms with Crippen LogP contribution in [0.2, 0.25) is 0 Å². The molecule has 94 valence electrons. The molecule has 0 aliphatic rings. The van der Waals surface area contributed by atoms with E-state index < -0.39 is 0 Å². The minimum atomic E-state index is -0.00632. The first kappa shape index (κ1) is 12.7. The highest BCUT2D eigenvalue weighted by Gasteiger charge is 2.07. The van der Waals surface area contributed by atoms with Gasteiger partial charge in [0, 0.05) is 29.9 Å². The number of rotatable bonds is 4. The number of nitrogens with two attached hydrogens (primary N) is 1. The molecule has 0 amide bonds. The van der Waals surface area contributed by atoms with Crippen molar-refractivity contribution in [3.8, 4) is 0 Å². The Balaban J connectivity index is 2.05. The summed E-state index contributed by atoms with van der Waals surface area (Å²) >= 11 is 0. The predicted molar refractivity (Wildman–Crippen MR) is 73.2 cm³/mol. The highest BCUT2D eigenvalue weighted by Crippen LogP contribution is 2.12. The smallest absolute Gasteiger partial charge is 0.128 e. The van der Waals surface area contributed by atoms with E-state index in [0.29, 0.717) is 0 Å². The molecule has 0 aliphatic carbocycles. The lowest BCUT2D eigenvalue weighted by Crippen LogP contribution is -2.10. The normalized spacial score (nSPS) is 12.4. The molecule has 0 fully saturated rings. The van der Waals surface area contributed by atoms with Gasteiger partial charge in [-0.2, -0.15) is 0 Å². The van der Waals surface area contributed by atoms with Crippen LogP contribution in [0.25, 0.3) is 0 Å². The average molecular weight is 241 g/mol. The van der Waals surface area contributed by atoms with Crippen LogP contribution in [0.1, 0.15) is 35.6 Å². The van der Waals surface area contributed by atoms with Gasteiger partial charge in [-0.1, -0.05) is 30.3 Å². The highest BCUT2D eigenvalue weighted by molar-refractivity contribution is 5.20. The minimum Gasteiger partial charge on any atom is -0.324 e. The van der Waals surface area contributed by atoms with Crippen LogP contribution in [-0.2, 0) is 12.8 Å². The molecule has 1 aromatic carbocycles. The van der Waals surface area contributed by atoms with E-state index in [9.17, 15) is 0 Å². The number of benzene rings is 1. The van der Waals surface area contributed by atoms with Crippen molar-refractivity contribution < 1.29 is 0 Å². The quantitative estimate of drug-likeness (QED) is 0.895. The van der Waals surface area contributed by atoms with Crippen LogP contribution >= 0.6 is 0 Å². The van der Waals surface area contributed by atoms with Crippen molar-refractivity contribution in [3.63, 3.8) is 0 Å². The van der Waals surface area contributed by atoms with Gasteiger partial charge in [-0.15, -0.1) is 0 Å². The summed E-state index contributed by atoms with van der Waals surface area (Å²) in [6, 6.07) is 10.4. The first-order valence-corrected chi connectivity index (χ1v) is 6.28. The van der Waals surface area contributed by atoms with E-state index >= 15 is 0 Å². The summed E-state index contributed by atoms with van der Waals surface area (Å²) in [7, 11) is 0. The van der Waals surface area contributed by atoms with Gasteiger partial charge in [-0.25, -0.2) is 9.97 Å². The van der Waals surface area contributed by atoms with Crippen LogP contribution in [0.5, 0.6) is 0 Å². The van der Waals surface area contributed by atoms with Crippen molar-refractivity contribution in [1.82, 2.24) is 9.97 Å². The van der Waals surface area contributed by atoms with Crippen LogP contribution in [0.3, 0.4) is 0 Å². The van der Waals surface area contributed by atoms with Gasteiger partial charge in [-0.3, -0.25) is 0 Å². The molecule has 2 rings (SSSR count). The summed E-state index contributed by atoms with van der Waals surface area (Å²) in [5, 5.41) is 0. The molecular weight excluding hydrogens is 222 g/mol. The molecule has 0 spiro atoms. The zero-order chi connectivity index (χ0) is 13.0. The summed E-state index contributed by atoms with van der Waals surface area (Å²) < 4.78 is 0. The monoisotopic (exact) mass is 241 g/mol. The van der Waals surface area contributed by atoms with Gasteiger partial charge in [0.05, 0.1) is 0 Å². The SMILES string of the molecule is Cc1nc(CCc2ccccc2)ncc1[C@@H](C)N. The first-order chi connectivity index (χ1) is 8.66. The van der Waals surface area contributed by atoms with Crippen molar-refractivity contribution >= 4 is 0 Å². The van der Waals surface area contributed by atoms with Crippen molar-refractivity contribution in [2.75, 3.05) is 0 Å². The molecule has 18 heavy (non-hydrogen) atoms. The Labute approximate surface area is 108 Å². The first-order valence-electron chi connectivity index (χ1n) is 6.28. The van der Waals surface area contributed by atoms with Gasteiger partial charge in [0.2, 0.25) is 0 Å². The molecule has 1 aromatic heterocycles. The predicted octanol–water partition coefficient (Wildman–Crippen LogP) is 2.59. The molecule has 2 N–H and O–H groups in total. The number of aryl methyl sites for hydroxylation is 3. The Morgan fingerprint density at radius 2 is 1.89 bits per heavy atom. The number of hydrogen-bond acceptors (Lipinski definition) is 3. The zero-order valence-corrected chi connectivity index (χ0v) is 10.9. The zero-order valence-electron chi connectivity index (χ0n) is 10.9.